The third-order valence-corrected chi connectivity index (χ3v) is 2.79. The number of carbonyl (C=O) groups excluding carboxylic acids is 1. The second kappa shape index (κ2) is 6.17. The fourth-order valence-corrected chi connectivity index (χ4v) is 1.45. The van der Waals surface area contributed by atoms with Crippen LogP contribution in [0.5, 0.6) is 0 Å². The average molecular weight is 347 g/mol. The SMILES string of the molecule is NC(=CC(=O)c1ccccc1)C(F)(F)C(F)(F)C(F)(F)C(F)F. The highest BCUT2D eigenvalue weighted by atomic mass is 19.4. The van der Waals surface area contributed by atoms with E-state index in [1.807, 2.05) is 0 Å². The zero-order valence-electron chi connectivity index (χ0n) is 11.1. The quantitative estimate of drug-likeness (QED) is 0.482. The molecule has 0 aliphatic carbocycles. The molecule has 0 unspecified atom stereocenters. The van der Waals surface area contributed by atoms with E-state index in [0.29, 0.717) is 0 Å². The molecule has 1 aromatic rings. The number of ketones is 1. The molecule has 1 rings (SSSR count). The lowest BCUT2D eigenvalue weighted by atomic mass is 10.00. The maximum absolute atomic E-state index is 13.4. The molecular formula is C13H9F8NO. The van der Waals surface area contributed by atoms with Crippen LogP contribution in [0.15, 0.2) is 42.1 Å². The summed E-state index contributed by atoms with van der Waals surface area (Å²) in [5.41, 5.74) is 2.11. The van der Waals surface area contributed by atoms with Gasteiger partial charge in [0.1, 0.15) is 0 Å². The van der Waals surface area contributed by atoms with Gasteiger partial charge in [0, 0.05) is 11.6 Å². The van der Waals surface area contributed by atoms with Crippen molar-refractivity contribution < 1.29 is 39.9 Å². The fraction of sp³-hybridized carbons (Fsp3) is 0.308. The minimum atomic E-state index is -6.49. The Labute approximate surface area is 124 Å². The van der Waals surface area contributed by atoms with Gasteiger partial charge in [0.05, 0.1) is 5.70 Å². The molecule has 0 amide bonds. The summed E-state index contributed by atoms with van der Waals surface area (Å²) >= 11 is 0. The number of hydrogen-bond donors (Lipinski definition) is 1. The Morgan fingerprint density at radius 3 is 1.91 bits per heavy atom. The van der Waals surface area contributed by atoms with Gasteiger partial charge in [-0.1, -0.05) is 30.3 Å². The molecule has 0 heterocycles. The second-order valence-electron chi connectivity index (χ2n) is 4.40. The molecule has 0 spiro atoms. The highest BCUT2D eigenvalue weighted by Gasteiger charge is 2.76. The minimum Gasteiger partial charge on any atom is -0.397 e. The van der Waals surface area contributed by atoms with E-state index in [9.17, 15) is 39.9 Å². The Morgan fingerprint density at radius 1 is 1.00 bits per heavy atom. The molecule has 0 aliphatic heterocycles. The van der Waals surface area contributed by atoms with Crippen LogP contribution in [0.2, 0.25) is 0 Å². The molecule has 2 nitrogen and oxygen atoms in total. The van der Waals surface area contributed by atoms with E-state index in [2.05, 4.69) is 5.73 Å². The number of allylic oxidation sites excluding steroid dienone is 2. The van der Waals surface area contributed by atoms with Crippen molar-refractivity contribution in [2.45, 2.75) is 24.2 Å². The van der Waals surface area contributed by atoms with Crippen LogP contribution in [0.1, 0.15) is 10.4 Å². The minimum absolute atomic E-state index is 0.204. The number of hydrogen-bond acceptors (Lipinski definition) is 2. The van der Waals surface area contributed by atoms with Gasteiger partial charge in [-0.3, -0.25) is 4.79 Å². The first-order chi connectivity index (χ1) is 10.4. The number of alkyl halides is 8. The van der Waals surface area contributed by atoms with E-state index in [4.69, 9.17) is 0 Å². The first-order valence-electron chi connectivity index (χ1n) is 5.84. The number of rotatable bonds is 6. The number of halogens is 8. The van der Waals surface area contributed by atoms with Gasteiger partial charge < -0.3 is 5.73 Å². The van der Waals surface area contributed by atoms with Crippen molar-refractivity contribution in [2.24, 2.45) is 5.73 Å². The molecule has 0 saturated carbocycles. The second-order valence-corrected chi connectivity index (χ2v) is 4.40. The van der Waals surface area contributed by atoms with E-state index >= 15 is 0 Å². The molecule has 10 heteroatoms. The van der Waals surface area contributed by atoms with Crippen molar-refractivity contribution in [3.8, 4) is 0 Å². The number of benzene rings is 1. The van der Waals surface area contributed by atoms with Crippen molar-refractivity contribution >= 4 is 5.78 Å². The summed E-state index contributed by atoms with van der Waals surface area (Å²) < 4.78 is 102. The topological polar surface area (TPSA) is 43.1 Å². The van der Waals surface area contributed by atoms with Crippen molar-refractivity contribution in [1.29, 1.82) is 0 Å². The van der Waals surface area contributed by atoms with Crippen molar-refractivity contribution in [3.63, 3.8) is 0 Å². The molecule has 0 fully saturated rings. The maximum atomic E-state index is 13.4. The molecule has 0 aliphatic rings. The lowest BCUT2D eigenvalue weighted by Gasteiger charge is -2.32. The summed E-state index contributed by atoms with van der Waals surface area (Å²) in [5, 5.41) is 0. The summed E-state index contributed by atoms with van der Waals surface area (Å²) in [7, 11) is 0. The van der Waals surface area contributed by atoms with Gasteiger partial charge >= 0.3 is 24.2 Å². The predicted molar refractivity (Wildman–Crippen MR) is 63.9 cm³/mol. The summed E-state index contributed by atoms with van der Waals surface area (Å²) in [5.74, 6) is -20.0. The van der Waals surface area contributed by atoms with Crippen LogP contribution in [0.3, 0.4) is 0 Å². The van der Waals surface area contributed by atoms with E-state index in [1.165, 1.54) is 18.2 Å². The van der Waals surface area contributed by atoms with Crippen LogP contribution < -0.4 is 5.73 Å². The van der Waals surface area contributed by atoms with Gasteiger partial charge in [0.15, 0.2) is 5.78 Å². The van der Waals surface area contributed by atoms with Crippen LogP contribution in [0, 0.1) is 0 Å². The zero-order chi connectivity index (χ0) is 18.1. The van der Waals surface area contributed by atoms with Crippen LogP contribution >= 0.6 is 0 Å². The normalized spacial score (nSPS) is 14.2. The Balaban J connectivity index is 3.21. The molecule has 2 N–H and O–H groups in total. The largest absolute Gasteiger partial charge is 0.397 e. The van der Waals surface area contributed by atoms with Gasteiger partial charge in [-0.25, -0.2) is 8.78 Å². The van der Waals surface area contributed by atoms with E-state index in [0.717, 1.165) is 12.1 Å². The molecule has 0 aromatic heterocycles. The van der Waals surface area contributed by atoms with Gasteiger partial charge in [-0.2, -0.15) is 26.3 Å². The smallest absolute Gasteiger partial charge is 0.383 e. The Bertz CT molecular complexity index is 597. The molecule has 23 heavy (non-hydrogen) atoms. The molecule has 0 radical (unpaired) electrons. The highest BCUT2D eigenvalue weighted by molar-refractivity contribution is 6.04. The molecule has 128 valence electrons. The average Bonchev–Trinajstić information content (AvgIpc) is 2.47. The Kier molecular flexibility index (Phi) is 5.07. The molecule has 1 aromatic carbocycles. The number of nitrogens with two attached hydrogens (primary N) is 1. The van der Waals surface area contributed by atoms with Gasteiger partial charge in [0.25, 0.3) is 0 Å². The summed E-state index contributed by atoms with van der Waals surface area (Å²) in [6, 6.07) is 6.33. The summed E-state index contributed by atoms with van der Waals surface area (Å²) in [6.45, 7) is 0. The van der Waals surface area contributed by atoms with Crippen LogP contribution in [0.4, 0.5) is 35.1 Å². The first kappa shape index (κ1) is 18.9. The molecule has 0 saturated heterocycles. The Morgan fingerprint density at radius 2 is 1.48 bits per heavy atom. The third-order valence-electron chi connectivity index (χ3n) is 2.79. The van der Waals surface area contributed by atoms with Gasteiger partial charge in [-0.05, 0) is 0 Å². The number of carbonyl (C=O) groups is 1. The van der Waals surface area contributed by atoms with Crippen LogP contribution in [-0.2, 0) is 0 Å². The summed E-state index contributed by atoms with van der Waals surface area (Å²) in [6.07, 6.45) is -5.26. The predicted octanol–water partition coefficient (Wildman–Crippen LogP) is 3.88. The van der Waals surface area contributed by atoms with E-state index in [1.54, 1.807) is 0 Å². The van der Waals surface area contributed by atoms with Crippen molar-refractivity contribution in [3.05, 3.63) is 47.7 Å². The summed E-state index contributed by atoms with van der Waals surface area (Å²) in [4.78, 5) is 11.5. The third kappa shape index (κ3) is 3.30. The lowest BCUT2D eigenvalue weighted by Crippen LogP contribution is -2.59. The standard InChI is InChI=1S/C13H9F8NO/c14-10(15)12(18,19)13(20,21)11(16,17)9(22)6-8(23)7-4-2-1-3-5-7/h1-6,10H,22H2. The van der Waals surface area contributed by atoms with Gasteiger partial charge in [-0.15, -0.1) is 0 Å². The molecule has 0 bridgehead atoms. The van der Waals surface area contributed by atoms with Crippen molar-refractivity contribution in [2.75, 3.05) is 0 Å². The zero-order valence-corrected chi connectivity index (χ0v) is 11.1. The lowest BCUT2D eigenvalue weighted by molar-refractivity contribution is -0.328. The van der Waals surface area contributed by atoms with Crippen LogP contribution in [0.25, 0.3) is 0 Å². The maximum Gasteiger partial charge on any atom is 0.383 e. The monoisotopic (exact) mass is 347 g/mol. The van der Waals surface area contributed by atoms with Crippen LogP contribution in [-0.4, -0.2) is 30.0 Å². The van der Waals surface area contributed by atoms with E-state index in [-0.39, 0.29) is 11.6 Å². The van der Waals surface area contributed by atoms with Crippen molar-refractivity contribution in [1.82, 2.24) is 0 Å². The molecule has 0 atom stereocenters. The fourth-order valence-electron chi connectivity index (χ4n) is 1.45. The Hall–Kier alpha value is -2.13. The highest BCUT2D eigenvalue weighted by Crippen LogP contribution is 2.50. The van der Waals surface area contributed by atoms with Gasteiger partial charge in [0.2, 0.25) is 0 Å². The first-order valence-corrected chi connectivity index (χ1v) is 5.84. The molecular weight excluding hydrogens is 338 g/mol. The van der Waals surface area contributed by atoms with E-state index < -0.39 is 35.7 Å².